The Labute approximate surface area is 100 Å². The van der Waals surface area contributed by atoms with Crippen molar-refractivity contribution in [3.8, 4) is 0 Å². The third-order valence-electron chi connectivity index (χ3n) is 2.59. The number of carbonyl (C=O) groups is 1. The molecule has 1 nitrogen and oxygen atoms in total. The van der Waals surface area contributed by atoms with E-state index in [4.69, 9.17) is 0 Å². The minimum Gasteiger partial charge on any atom is -0.295 e. The van der Waals surface area contributed by atoms with Gasteiger partial charge in [0.2, 0.25) is 0 Å². The third-order valence-corrected chi connectivity index (χ3v) is 4.09. The van der Waals surface area contributed by atoms with Crippen molar-refractivity contribution >= 4 is 17.5 Å². The first kappa shape index (κ1) is 13.2. The fourth-order valence-electron chi connectivity index (χ4n) is 1.15. The van der Waals surface area contributed by atoms with Gasteiger partial charge in [-0.25, -0.2) is 4.39 Å². The lowest BCUT2D eigenvalue weighted by Crippen LogP contribution is -2.06. The summed E-state index contributed by atoms with van der Waals surface area (Å²) >= 11 is 1.51. The van der Waals surface area contributed by atoms with Crippen LogP contribution in [-0.4, -0.2) is 11.0 Å². The van der Waals surface area contributed by atoms with E-state index in [1.807, 2.05) is 0 Å². The van der Waals surface area contributed by atoms with Gasteiger partial charge in [0.1, 0.15) is 5.82 Å². The zero-order chi connectivity index (χ0) is 12.3. The van der Waals surface area contributed by atoms with E-state index in [9.17, 15) is 9.18 Å². The Balaban J connectivity index is 2.87. The van der Waals surface area contributed by atoms with E-state index in [0.717, 1.165) is 0 Å². The molecule has 0 aliphatic heterocycles. The second kappa shape index (κ2) is 5.48. The number of hydrogen-bond acceptors (Lipinski definition) is 2. The molecular weight excluding hydrogens is 223 g/mol. The van der Waals surface area contributed by atoms with Crippen LogP contribution in [-0.2, 0) is 0 Å². The smallest absolute Gasteiger partial charge is 0.159 e. The molecule has 16 heavy (non-hydrogen) atoms. The number of ketones is 1. The molecule has 3 heteroatoms. The molecule has 88 valence electrons. The Bertz CT molecular complexity index is 388. The zero-order valence-electron chi connectivity index (χ0n) is 10.1. The molecule has 0 amide bonds. The SMILES string of the molecule is CC(=O)c1ccc(SC(C)C(C)C)c(F)c1. The average Bonchev–Trinajstić information content (AvgIpc) is 2.20. The van der Waals surface area contributed by atoms with E-state index in [-0.39, 0.29) is 11.6 Å². The summed E-state index contributed by atoms with van der Waals surface area (Å²) in [6.07, 6.45) is 0. The van der Waals surface area contributed by atoms with E-state index < -0.39 is 0 Å². The van der Waals surface area contributed by atoms with E-state index in [0.29, 0.717) is 21.6 Å². The summed E-state index contributed by atoms with van der Waals surface area (Å²) in [5, 5.41) is 0.359. The number of carbonyl (C=O) groups excluding carboxylic acids is 1. The van der Waals surface area contributed by atoms with Crippen LogP contribution in [0.3, 0.4) is 0 Å². The van der Waals surface area contributed by atoms with Crippen LogP contribution in [0.2, 0.25) is 0 Å². The van der Waals surface area contributed by atoms with Crippen molar-refractivity contribution in [2.24, 2.45) is 5.92 Å². The van der Waals surface area contributed by atoms with Crippen LogP contribution in [0.5, 0.6) is 0 Å². The van der Waals surface area contributed by atoms with Crippen molar-refractivity contribution in [3.63, 3.8) is 0 Å². The van der Waals surface area contributed by atoms with Gasteiger partial charge in [0.15, 0.2) is 5.78 Å². The highest BCUT2D eigenvalue weighted by Gasteiger charge is 2.13. The molecule has 0 saturated carbocycles. The lowest BCUT2D eigenvalue weighted by Gasteiger charge is -2.15. The predicted octanol–water partition coefficient (Wildman–Crippen LogP) is 4.16. The minimum absolute atomic E-state index is 0.104. The fourth-order valence-corrected chi connectivity index (χ4v) is 2.14. The standard InChI is InChI=1S/C13H17FOS/c1-8(2)10(4)16-13-6-5-11(9(3)15)7-12(13)14/h5-8,10H,1-4H3. The molecule has 1 atom stereocenters. The van der Waals surface area contributed by atoms with Gasteiger partial charge in [0.25, 0.3) is 0 Å². The Morgan fingerprint density at radius 2 is 1.94 bits per heavy atom. The second-order valence-corrected chi connectivity index (χ2v) is 5.69. The molecule has 0 aliphatic carbocycles. The molecule has 0 saturated heterocycles. The zero-order valence-corrected chi connectivity index (χ0v) is 10.9. The Morgan fingerprint density at radius 3 is 2.38 bits per heavy atom. The number of thioether (sulfide) groups is 1. The van der Waals surface area contributed by atoms with E-state index in [1.54, 1.807) is 12.1 Å². The lowest BCUT2D eigenvalue weighted by atomic mass is 10.1. The Kier molecular flexibility index (Phi) is 4.54. The maximum absolute atomic E-state index is 13.7. The largest absolute Gasteiger partial charge is 0.295 e. The first-order valence-corrected chi connectivity index (χ1v) is 6.27. The normalized spacial score (nSPS) is 12.9. The van der Waals surface area contributed by atoms with Crippen molar-refractivity contribution < 1.29 is 9.18 Å². The summed E-state index contributed by atoms with van der Waals surface area (Å²) in [4.78, 5) is 11.7. The number of halogens is 1. The van der Waals surface area contributed by atoms with Crippen molar-refractivity contribution in [3.05, 3.63) is 29.6 Å². The topological polar surface area (TPSA) is 17.1 Å². The van der Waals surface area contributed by atoms with Gasteiger partial charge in [-0.15, -0.1) is 11.8 Å². The highest BCUT2D eigenvalue weighted by molar-refractivity contribution is 8.00. The number of hydrogen-bond donors (Lipinski definition) is 0. The molecule has 0 bridgehead atoms. The highest BCUT2D eigenvalue weighted by atomic mass is 32.2. The molecule has 1 aromatic rings. The molecule has 0 spiro atoms. The number of rotatable bonds is 4. The van der Waals surface area contributed by atoms with Crippen molar-refractivity contribution in [2.45, 2.75) is 37.8 Å². The Morgan fingerprint density at radius 1 is 1.31 bits per heavy atom. The summed E-state index contributed by atoms with van der Waals surface area (Å²) in [7, 11) is 0. The summed E-state index contributed by atoms with van der Waals surface area (Å²) in [5.74, 6) is 0.0921. The van der Waals surface area contributed by atoms with Crippen molar-refractivity contribution in [1.82, 2.24) is 0 Å². The van der Waals surface area contributed by atoms with Gasteiger partial charge in [-0.05, 0) is 25.0 Å². The molecule has 0 aliphatic rings. The average molecular weight is 240 g/mol. The monoisotopic (exact) mass is 240 g/mol. The number of benzene rings is 1. The Hall–Kier alpha value is -0.830. The molecule has 0 N–H and O–H groups in total. The first-order chi connectivity index (χ1) is 7.41. The molecule has 1 rings (SSSR count). The van der Waals surface area contributed by atoms with Gasteiger partial charge in [-0.3, -0.25) is 4.79 Å². The maximum Gasteiger partial charge on any atom is 0.159 e. The van der Waals surface area contributed by atoms with Gasteiger partial charge in [0, 0.05) is 15.7 Å². The molecule has 0 radical (unpaired) electrons. The molecule has 0 fully saturated rings. The van der Waals surface area contributed by atoms with Gasteiger partial charge in [-0.1, -0.05) is 26.8 Å². The summed E-state index contributed by atoms with van der Waals surface area (Å²) in [6, 6.07) is 4.69. The van der Waals surface area contributed by atoms with Crippen LogP contribution < -0.4 is 0 Å². The first-order valence-electron chi connectivity index (χ1n) is 5.39. The summed E-state index contributed by atoms with van der Waals surface area (Å²) < 4.78 is 13.7. The molecule has 1 aromatic carbocycles. The maximum atomic E-state index is 13.7. The summed E-state index contributed by atoms with van der Waals surface area (Å²) in [5.41, 5.74) is 0.430. The van der Waals surface area contributed by atoms with Crippen LogP contribution in [0.4, 0.5) is 4.39 Å². The van der Waals surface area contributed by atoms with Crippen LogP contribution >= 0.6 is 11.8 Å². The quantitative estimate of drug-likeness (QED) is 0.580. The van der Waals surface area contributed by atoms with Crippen LogP contribution in [0.15, 0.2) is 23.1 Å². The number of Topliss-reactive ketones (excluding diaryl/α,β-unsaturated/α-hetero) is 1. The molecular formula is C13H17FOS. The molecule has 0 aromatic heterocycles. The lowest BCUT2D eigenvalue weighted by molar-refractivity contribution is 0.101. The third kappa shape index (κ3) is 3.34. The van der Waals surface area contributed by atoms with E-state index in [2.05, 4.69) is 20.8 Å². The van der Waals surface area contributed by atoms with Crippen LogP contribution in [0.25, 0.3) is 0 Å². The van der Waals surface area contributed by atoms with Gasteiger partial charge < -0.3 is 0 Å². The predicted molar refractivity (Wildman–Crippen MR) is 66.6 cm³/mol. The molecule has 0 heterocycles. The van der Waals surface area contributed by atoms with E-state index >= 15 is 0 Å². The van der Waals surface area contributed by atoms with Crippen LogP contribution in [0, 0.1) is 11.7 Å². The second-order valence-electron chi connectivity index (χ2n) is 4.27. The van der Waals surface area contributed by atoms with E-state index in [1.165, 1.54) is 24.8 Å². The van der Waals surface area contributed by atoms with Gasteiger partial charge in [-0.2, -0.15) is 0 Å². The summed E-state index contributed by atoms with van der Waals surface area (Å²) in [6.45, 7) is 7.74. The molecule has 1 unspecified atom stereocenters. The minimum atomic E-state index is -0.301. The fraction of sp³-hybridized carbons (Fsp3) is 0.462. The van der Waals surface area contributed by atoms with Gasteiger partial charge >= 0.3 is 0 Å². The van der Waals surface area contributed by atoms with Crippen molar-refractivity contribution in [1.29, 1.82) is 0 Å². The van der Waals surface area contributed by atoms with Crippen LogP contribution in [0.1, 0.15) is 38.1 Å². The highest BCUT2D eigenvalue weighted by Crippen LogP contribution is 2.30. The van der Waals surface area contributed by atoms with Crippen molar-refractivity contribution in [2.75, 3.05) is 0 Å². The van der Waals surface area contributed by atoms with Gasteiger partial charge in [0.05, 0.1) is 0 Å².